The molecular formula is C62H42O4. The summed E-state index contributed by atoms with van der Waals surface area (Å²) < 4.78 is 0. The second-order valence-electron chi connectivity index (χ2n) is 18.6. The summed E-state index contributed by atoms with van der Waals surface area (Å²) in [5, 5.41) is 51.5. The van der Waals surface area contributed by atoms with Gasteiger partial charge in [0.1, 0.15) is 11.2 Å². The Morgan fingerprint density at radius 3 is 0.924 bits per heavy atom. The Labute approximate surface area is 382 Å². The molecule has 314 valence electrons. The second-order valence-corrected chi connectivity index (χ2v) is 18.6. The van der Waals surface area contributed by atoms with E-state index >= 15 is 0 Å². The van der Waals surface area contributed by atoms with Crippen molar-refractivity contribution in [2.45, 2.75) is 24.0 Å². The van der Waals surface area contributed by atoms with E-state index in [2.05, 4.69) is 182 Å². The first-order valence-electron chi connectivity index (χ1n) is 23.0. The van der Waals surface area contributed by atoms with Gasteiger partial charge in [0.25, 0.3) is 0 Å². The molecule has 0 aliphatic heterocycles. The minimum absolute atomic E-state index is 0.142. The first kappa shape index (κ1) is 37.9. The zero-order valence-corrected chi connectivity index (χ0v) is 35.9. The predicted octanol–water partition coefficient (Wildman–Crippen LogP) is 13.5. The van der Waals surface area contributed by atoms with Crippen molar-refractivity contribution < 1.29 is 20.4 Å². The Morgan fingerprint density at radius 2 is 0.561 bits per heavy atom. The van der Waals surface area contributed by atoms with Crippen molar-refractivity contribution in [2.24, 2.45) is 0 Å². The molecule has 0 amide bonds. The first-order valence-corrected chi connectivity index (χ1v) is 23.0. The molecule has 0 saturated carbocycles. The average molecular weight is 851 g/mol. The summed E-state index contributed by atoms with van der Waals surface area (Å²) in [7, 11) is 0. The van der Waals surface area contributed by atoms with Crippen LogP contribution < -0.4 is 0 Å². The van der Waals surface area contributed by atoms with E-state index in [0.717, 1.165) is 77.9 Å². The van der Waals surface area contributed by atoms with Crippen LogP contribution in [0.1, 0.15) is 35.1 Å². The average Bonchev–Trinajstić information content (AvgIpc) is 4.02. The van der Waals surface area contributed by atoms with Gasteiger partial charge in [0.05, 0.1) is 0 Å². The van der Waals surface area contributed by atoms with E-state index in [1.54, 1.807) is 0 Å². The molecule has 0 aromatic heterocycles. The lowest BCUT2D eigenvalue weighted by molar-refractivity contribution is 0.0546. The highest BCUT2D eigenvalue weighted by Gasteiger charge is 2.44. The third kappa shape index (κ3) is 4.91. The van der Waals surface area contributed by atoms with Crippen molar-refractivity contribution in [3.63, 3.8) is 0 Å². The Bertz CT molecular complexity index is 3480. The van der Waals surface area contributed by atoms with Gasteiger partial charge in [0.2, 0.25) is 0 Å². The number of benzene rings is 10. The van der Waals surface area contributed by atoms with Crippen LogP contribution in [-0.4, -0.2) is 33.6 Å². The fourth-order valence-electron chi connectivity index (χ4n) is 12.5. The van der Waals surface area contributed by atoms with Gasteiger partial charge in [-0.2, -0.15) is 0 Å². The maximum atomic E-state index is 12.8. The van der Waals surface area contributed by atoms with Crippen molar-refractivity contribution in [3.8, 4) is 100 Å². The second kappa shape index (κ2) is 13.6. The van der Waals surface area contributed by atoms with Gasteiger partial charge in [0, 0.05) is 26.1 Å². The van der Waals surface area contributed by atoms with Crippen LogP contribution >= 0.6 is 0 Å². The molecular weight excluding hydrogens is 809 g/mol. The summed E-state index contributed by atoms with van der Waals surface area (Å²) in [5.74, 6) is 0. The van der Waals surface area contributed by atoms with Crippen molar-refractivity contribution >= 4 is 21.5 Å². The topological polar surface area (TPSA) is 80.9 Å². The summed E-state index contributed by atoms with van der Waals surface area (Å²) >= 11 is 0. The molecule has 2 atom stereocenters. The molecule has 0 fully saturated rings. The highest BCUT2D eigenvalue weighted by atomic mass is 16.3. The molecule has 4 heteroatoms. The summed E-state index contributed by atoms with van der Waals surface area (Å²) in [6, 6.07) is 64.4. The van der Waals surface area contributed by atoms with Crippen molar-refractivity contribution in [3.05, 3.63) is 204 Å². The van der Waals surface area contributed by atoms with Crippen LogP contribution in [0.15, 0.2) is 182 Å². The van der Waals surface area contributed by atoms with Crippen LogP contribution in [0.4, 0.5) is 0 Å². The Balaban J connectivity index is 0.842. The van der Waals surface area contributed by atoms with Gasteiger partial charge in [-0.1, -0.05) is 158 Å². The lowest BCUT2D eigenvalue weighted by Crippen LogP contribution is -2.26. The standard InChI is InChI=1S/C62H42O4/c63-29-27-61(65)55-31-35(15-19-45(55)47-21-17-37(33-57(47)61)39-23-25-53-43-9-3-1-7-41(43)51-13-5-11-49(39)59(51)53)36-16-20-46-48-22-18-38(34-58(48)62(66,28-30-64)56(46)32-36)40-24-26-54-44-10-4-2-8-42(44)52-14-6-12-50(40)60(52)54/h1-26,31-34,63-66H,27-30H2. The van der Waals surface area contributed by atoms with Gasteiger partial charge in [-0.15, -0.1) is 0 Å². The molecule has 0 bridgehead atoms. The molecule has 66 heavy (non-hydrogen) atoms. The maximum absolute atomic E-state index is 12.8. The molecule has 4 aliphatic carbocycles. The normalized spacial score (nSPS) is 17.5. The quantitative estimate of drug-likeness (QED) is 0.129. The van der Waals surface area contributed by atoms with Crippen LogP contribution in [0, 0.1) is 0 Å². The molecule has 0 spiro atoms. The molecule has 10 aromatic rings. The summed E-state index contributed by atoms with van der Waals surface area (Å²) in [6.07, 6.45) is 0.285. The Kier molecular flexibility index (Phi) is 7.78. The van der Waals surface area contributed by atoms with Gasteiger partial charge in [0.15, 0.2) is 0 Å². The number of hydrogen-bond acceptors (Lipinski definition) is 4. The van der Waals surface area contributed by atoms with Crippen LogP contribution in [0.2, 0.25) is 0 Å². The molecule has 2 unspecified atom stereocenters. The van der Waals surface area contributed by atoms with Gasteiger partial charge in [-0.25, -0.2) is 0 Å². The summed E-state index contributed by atoms with van der Waals surface area (Å²) in [6.45, 7) is -0.379. The van der Waals surface area contributed by atoms with E-state index in [-0.39, 0.29) is 26.1 Å². The molecule has 0 heterocycles. The van der Waals surface area contributed by atoms with E-state index < -0.39 is 11.2 Å². The van der Waals surface area contributed by atoms with Gasteiger partial charge >= 0.3 is 0 Å². The number of rotatable bonds is 7. The minimum Gasteiger partial charge on any atom is -0.396 e. The van der Waals surface area contributed by atoms with Crippen LogP contribution in [-0.2, 0) is 11.2 Å². The molecule has 4 aliphatic rings. The van der Waals surface area contributed by atoms with Crippen LogP contribution in [0.25, 0.3) is 122 Å². The summed E-state index contributed by atoms with van der Waals surface area (Å²) in [5.41, 5.74) is 20.0. The number of hydrogen-bond donors (Lipinski definition) is 4. The number of fused-ring (bicyclic) bond motifs is 12. The third-order valence-corrected chi connectivity index (χ3v) is 15.4. The van der Waals surface area contributed by atoms with Gasteiger partial charge in [-0.3, -0.25) is 0 Å². The van der Waals surface area contributed by atoms with Crippen LogP contribution in [0.3, 0.4) is 0 Å². The Morgan fingerprint density at radius 1 is 0.273 bits per heavy atom. The predicted molar refractivity (Wildman–Crippen MR) is 267 cm³/mol. The third-order valence-electron chi connectivity index (χ3n) is 15.4. The lowest BCUT2D eigenvalue weighted by atomic mass is 9.84. The SMILES string of the molecule is OCCC1(O)c2cc(-c3ccc4c(c3)C(O)(CCO)c3cc(-c5ccc6c7c(cccc57)-c5ccccc5-6)ccc3-4)ccc2-c2ccc(-c3ccc4c5c(cccc35)-c3ccccc3-4)cc21. The fraction of sp³-hybridized carbons (Fsp3) is 0.0968. The van der Waals surface area contributed by atoms with Gasteiger partial charge < -0.3 is 20.4 Å². The summed E-state index contributed by atoms with van der Waals surface area (Å²) in [4.78, 5) is 0. The Hall–Kier alpha value is -7.44. The molecule has 0 radical (unpaired) electrons. The molecule has 14 rings (SSSR count). The fourth-order valence-corrected chi connectivity index (χ4v) is 12.5. The van der Waals surface area contributed by atoms with E-state index in [1.165, 1.54) is 66.1 Å². The van der Waals surface area contributed by atoms with E-state index in [1.807, 2.05) is 0 Å². The number of aliphatic hydroxyl groups excluding tert-OH is 2. The molecule has 0 saturated heterocycles. The minimum atomic E-state index is -1.43. The smallest absolute Gasteiger partial charge is 0.118 e. The maximum Gasteiger partial charge on any atom is 0.118 e. The lowest BCUT2D eigenvalue weighted by Gasteiger charge is -2.27. The van der Waals surface area contributed by atoms with E-state index in [0.29, 0.717) is 0 Å². The highest BCUT2D eigenvalue weighted by molar-refractivity contribution is 6.20. The zero-order chi connectivity index (χ0) is 44.1. The van der Waals surface area contributed by atoms with Crippen molar-refractivity contribution in [2.75, 3.05) is 13.2 Å². The van der Waals surface area contributed by atoms with Crippen molar-refractivity contribution in [1.82, 2.24) is 0 Å². The number of aliphatic hydroxyl groups is 4. The van der Waals surface area contributed by atoms with Crippen LogP contribution in [0.5, 0.6) is 0 Å². The van der Waals surface area contributed by atoms with Crippen molar-refractivity contribution in [1.29, 1.82) is 0 Å². The highest BCUT2D eigenvalue weighted by Crippen LogP contribution is 2.56. The zero-order valence-electron chi connectivity index (χ0n) is 35.9. The molecule has 4 nitrogen and oxygen atoms in total. The van der Waals surface area contributed by atoms with E-state index in [9.17, 15) is 20.4 Å². The monoisotopic (exact) mass is 850 g/mol. The first-order chi connectivity index (χ1) is 32.4. The van der Waals surface area contributed by atoms with Gasteiger partial charge in [-0.05, 0) is 168 Å². The largest absolute Gasteiger partial charge is 0.396 e. The molecule has 4 N–H and O–H groups in total. The van der Waals surface area contributed by atoms with E-state index in [4.69, 9.17) is 0 Å². The molecule has 10 aromatic carbocycles.